The number of ether oxygens (including phenoxy) is 1. The largest absolute Gasteiger partial charge is 0.492 e. The highest BCUT2D eigenvalue weighted by molar-refractivity contribution is 7.98. The zero-order valence-electron chi connectivity index (χ0n) is 17.9. The van der Waals surface area contributed by atoms with Crippen LogP contribution in [0.1, 0.15) is 18.3 Å². The number of benzene rings is 2. The van der Waals surface area contributed by atoms with Crippen molar-refractivity contribution in [2.45, 2.75) is 24.8 Å². The maximum atomic E-state index is 12.2. The van der Waals surface area contributed by atoms with E-state index in [9.17, 15) is 4.79 Å². The van der Waals surface area contributed by atoms with Crippen LogP contribution in [0, 0.1) is 6.92 Å². The van der Waals surface area contributed by atoms with Crippen molar-refractivity contribution in [1.29, 1.82) is 0 Å². The molecule has 3 aromatic heterocycles. The zero-order chi connectivity index (χ0) is 22.2. The highest BCUT2D eigenvalue weighted by Gasteiger charge is 2.15. The van der Waals surface area contributed by atoms with Gasteiger partial charge in [-0.1, -0.05) is 30.0 Å². The SMILES string of the molecule is CCOc1ccc(CSc2nc3c(=O)[nH]c(C)nc3n2C)cc1-n1nc2ccccc2n1. The van der Waals surface area contributed by atoms with Gasteiger partial charge in [0, 0.05) is 12.8 Å². The first-order chi connectivity index (χ1) is 15.5. The van der Waals surface area contributed by atoms with Crippen molar-refractivity contribution in [3.05, 3.63) is 64.2 Å². The summed E-state index contributed by atoms with van der Waals surface area (Å²) in [6.07, 6.45) is 0. The molecule has 3 heterocycles. The summed E-state index contributed by atoms with van der Waals surface area (Å²) in [5.74, 6) is 1.93. The van der Waals surface area contributed by atoms with Gasteiger partial charge in [-0.2, -0.15) is 0 Å². The maximum absolute atomic E-state index is 12.2. The van der Waals surface area contributed by atoms with Crippen LogP contribution < -0.4 is 10.3 Å². The molecule has 1 N–H and O–H groups in total. The topological polar surface area (TPSA) is 104 Å². The molecular weight excluding hydrogens is 426 g/mol. The lowest BCUT2D eigenvalue weighted by molar-refractivity contribution is 0.337. The lowest BCUT2D eigenvalue weighted by Crippen LogP contribution is -2.10. The third-order valence-corrected chi connectivity index (χ3v) is 6.10. The zero-order valence-corrected chi connectivity index (χ0v) is 18.7. The number of aryl methyl sites for hydroxylation is 2. The lowest BCUT2D eigenvalue weighted by Gasteiger charge is -2.11. The van der Waals surface area contributed by atoms with Crippen molar-refractivity contribution in [3.63, 3.8) is 0 Å². The first kappa shape index (κ1) is 20.3. The van der Waals surface area contributed by atoms with E-state index in [-0.39, 0.29) is 5.56 Å². The molecule has 0 radical (unpaired) electrons. The quantitative estimate of drug-likeness (QED) is 0.398. The fourth-order valence-electron chi connectivity index (χ4n) is 3.49. The second kappa shape index (κ2) is 8.12. The minimum atomic E-state index is -0.227. The Balaban J connectivity index is 1.48. The van der Waals surface area contributed by atoms with Gasteiger partial charge in [-0.05, 0) is 43.7 Å². The number of nitrogens with one attached hydrogen (secondary N) is 1. The summed E-state index contributed by atoms with van der Waals surface area (Å²) >= 11 is 1.54. The molecule has 0 amide bonds. The molecular formula is C22H21N7O2S. The van der Waals surface area contributed by atoms with Gasteiger partial charge in [0.25, 0.3) is 5.56 Å². The first-order valence-electron chi connectivity index (χ1n) is 10.2. The van der Waals surface area contributed by atoms with E-state index in [0.29, 0.717) is 29.3 Å². The molecule has 0 aliphatic rings. The van der Waals surface area contributed by atoms with Gasteiger partial charge in [-0.15, -0.1) is 15.0 Å². The van der Waals surface area contributed by atoms with E-state index in [2.05, 4.69) is 25.1 Å². The molecule has 0 aliphatic heterocycles. The number of aromatic nitrogens is 7. The van der Waals surface area contributed by atoms with Crippen LogP contribution in [0.4, 0.5) is 0 Å². The summed E-state index contributed by atoms with van der Waals surface area (Å²) < 4.78 is 7.66. The third-order valence-electron chi connectivity index (χ3n) is 5.00. The average Bonchev–Trinajstić information content (AvgIpc) is 3.35. The third kappa shape index (κ3) is 3.62. The minimum absolute atomic E-state index is 0.227. The lowest BCUT2D eigenvalue weighted by atomic mass is 10.2. The van der Waals surface area contributed by atoms with Crippen molar-refractivity contribution in [3.8, 4) is 11.4 Å². The van der Waals surface area contributed by atoms with Crippen LogP contribution in [0.25, 0.3) is 27.9 Å². The molecule has 2 aromatic carbocycles. The minimum Gasteiger partial charge on any atom is -0.492 e. The smallest absolute Gasteiger partial charge is 0.279 e. The average molecular weight is 448 g/mol. The Kier molecular flexibility index (Phi) is 5.14. The van der Waals surface area contributed by atoms with Crippen LogP contribution in [0.2, 0.25) is 0 Å². The van der Waals surface area contributed by atoms with Crippen molar-refractivity contribution < 1.29 is 4.74 Å². The highest BCUT2D eigenvalue weighted by Crippen LogP contribution is 2.29. The summed E-state index contributed by atoms with van der Waals surface area (Å²) in [5, 5.41) is 9.93. The Morgan fingerprint density at radius 3 is 2.56 bits per heavy atom. The molecule has 0 saturated carbocycles. The Bertz CT molecular complexity index is 1470. The summed E-state index contributed by atoms with van der Waals surface area (Å²) in [5.41, 5.74) is 4.17. The standard InChI is InChI=1S/C22H21N7O2S/c1-4-31-18-10-9-14(11-17(18)29-26-15-7-5-6-8-16(15)27-29)12-32-22-25-19-20(28(22)3)23-13(2)24-21(19)30/h5-11H,4,12H2,1-3H3,(H,23,24,30). The monoisotopic (exact) mass is 447 g/mol. The van der Waals surface area contributed by atoms with Gasteiger partial charge in [0.15, 0.2) is 16.3 Å². The Morgan fingerprint density at radius 1 is 1.09 bits per heavy atom. The summed E-state index contributed by atoms with van der Waals surface area (Å²) in [6.45, 7) is 4.25. The number of hydrogen-bond donors (Lipinski definition) is 1. The molecule has 0 unspecified atom stereocenters. The molecule has 0 bridgehead atoms. The molecule has 9 nitrogen and oxygen atoms in total. The molecule has 0 saturated heterocycles. The second-order valence-corrected chi connectivity index (χ2v) is 8.22. The van der Waals surface area contributed by atoms with E-state index in [1.54, 1.807) is 11.7 Å². The molecule has 0 aliphatic carbocycles. The van der Waals surface area contributed by atoms with Crippen molar-refractivity contribution in [1.82, 2.24) is 34.5 Å². The number of hydrogen-bond acceptors (Lipinski definition) is 7. The summed E-state index contributed by atoms with van der Waals surface area (Å²) in [7, 11) is 1.87. The molecule has 32 heavy (non-hydrogen) atoms. The number of thioether (sulfide) groups is 1. The molecule has 5 rings (SSSR count). The van der Waals surface area contributed by atoms with Crippen LogP contribution in [0.5, 0.6) is 5.75 Å². The van der Waals surface area contributed by atoms with E-state index in [0.717, 1.165) is 33.2 Å². The van der Waals surface area contributed by atoms with Crippen LogP contribution >= 0.6 is 11.8 Å². The van der Waals surface area contributed by atoms with E-state index in [1.807, 2.05) is 61.0 Å². The predicted molar refractivity (Wildman–Crippen MR) is 123 cm³/mol. The summed E-state index contributed by atoms with van der Waals surface area (Å²) in [6, 6.07) is 13.7. The molecule has 0 atom stereocenters. The Morgan fingerprint density at radius 2 is 1.84 bits per heavy atom. The normalized spacial score (nSPS) is 11.5. The first-order valence-corrected chi connectivity index (χ1v) is 11.2. The van der Waals surface area contributed by atoms with Gasteiger partial charge >= 0.3 is 0 Å². The van der Waals surface area contributed by atoms with Gasteiger partial charge in [0.2, 0.25) is 0 Å². The van der Waals surface area contributed by atoms with Crippen molar-refractivity contribution in [2.75, 3.05) is 6.61 Å². The second-order valence-electron chi connectivity index (χ2n) is 7.28. The predicted octanol–water partition coefficient (Wildman–Crippen LogP) is 3.39. The molecule has 5 aromatic rings. The number of rotatable bonds is 6. The van der Waals surface area contributed by atoms with E-state index in [4.69, 9.17) is 4.74 Å². The number of fused-ring (bicyclic) bond motifs is 2. The van der Waals surface area contributed by atoms with Crippen LogP contribution in [0.3, 0.4) is 0 Å². The van der Waals surface area contributed by atoms with Crippen LogP contribution in [-0.4, -0.2) is 41.1 Å². The Hall–Kier alpha value is -3.66. The number of aromatic amines is 1. The van der Waals surface area contributed by atoms with Gasteiger partial charge in [-0.3, -0.25) is 4.79 Å². The van der Waals surface area contributed by atoms with E-state index in [1.165, 1.54) is 11.8 Å². The van der Waals surface area contributed by atoms with Gasteiger partial charge in [0.1, 0.15) is 28.3 Å². The highest BCUT2D eigenvalue weighted by atomic mass is 32.2. The Labute approximate surface area is 187 Å². The van der Waals surface area contributed by atoms with Gasteiger partial charge in [-0.25, -0.2) is 9.97 Å². The number of H-pyrrole nitrogens is 1. The molecule has 162 valence electrons. The molecule has 0 spiro atoms. The van der Waals surface area contributed by atoms with E-state index < -0.39 is 0 Å². The van der Waals surface area contributed by atoms with Crippen molar-refractivity contribution >= 4 is 34.0 Å². The maximum Gasteiger partial charge on any atom is 0.279 e. The van der Waals surface area contributed by atoms with E-state index >= 15 is 0 Å². The van der Waals surface area contributed by atoms with Gasteiger partial charge < -0.3 is 14.3 Å². The van der Waals surface area contributed by atoms with Crippen LogP contribution in [-0.2, 0) is 12.8 Å². The van der Waals surface area contributed by atoms with Crippen LogP contribution in [0.15, 0.2) is 52.4 Å². The van der Waals surface area contributed by atoms with Crippen molar-refractivity contribution in [2.24, 2.45) is 7.05 Å². The van der Waals surface area contributed by atoms with Gasteiger partial charge in [0.05, 0.1) is 6.61 Å². The molecule has 0 fully saturated rings. The number of nitrogens with zero attached hydrogens (tertiary/aromatic N) is 6. The number of imidazole rings is 1. The summed E-state index contributed by atoms with van der Waals surface area (Å²) in [4.78, 5) is 25.4. The fourth-order valence-corrected chi connectivity index (χ4v) is 4.40. The molecule has 10 heteroatoms. The fraction of sp³-hybridized carbons (Fsp3) is 0.227.